The number of hydrogen-bond donors (Lipinski definition) is 2. The van der Waals surface area contributed by atoms with Gasteiger partial charge in [-0.15, -0.1) is 0 Å². The lowest BCUT2D eigenvalue weighted by atomic mass is 10.1. The van der Waals surface area contributed by atoms with Crippen molar-refractivity contribution in [2.24, 2.45) is 0 Å². The van der Waals surface area contributed by atoms with Crippen molar-refractivity contribution in [3.8, 4) is 11.5 Å². The zero-order valence-corrected chi connectivity index (χ0v) is 9.28. The number of ether oxygens (including phenoxy) is 2. The summed E-state index contributed by atoms with van der Waals surface area (Å²) in [5.74, 6) is 1.51. The first kappa shape index (κ1) is 11.8. The van der Waals surface area contributed by atoms with E-state index in [4.69, 9.17) is 9.47 Å². The quantitative estimate of drug-likeness (QED) is 0.707. The van der Waals surface area contributed by atoms with Gasteiger partial charge < -0.3 is 14.6 Å². The second-order valence-electron chi connectivity index (χ2n) is 3.19. The van der Waals surface area contributed by atoms with Gasteiger partial charge in [-0.3, -0.25) is 5.32 Å². The third-order valence-electron chi connectivity index (χ3n) is 2.23. The number of aliphatic hydroxyl groups is 1. The molecule has 2 N–H and O–H groups in total. The maximum Gasteiger partial charge on any atom is 0.122 e. The van der Waals surface area contributed by atoms with Crippen molar-refractivity contribution < 1.29 is 14.6 Å². The van der Waals surface area contributed by atoms with Crippen molar-refractivity contribution in [3.05, 3.63) is 23.8 Å². The third-order valence-corrected chi connectivity index (χ3v) is 2.23. The molecule has 0 amide bonds. The molecule has 0 aliphatic heterocycles. The Balaban J connectivity index is 2.90. The van der Waals surface area contributed by atoms with Gasteiger partial charge in [0.2, 0.25) is 0 Å². The molecule has 0 aliphatic carbocycles. The molecule has 4 heteroatoms. The lowest BCUT2D eigenvalue weighted by Gasteiger charge is -2.13. The van der Waals surface area contributed by atoms with Gasteiger partial charge in [0, 0.05) is 12.0 Å². The van der Waals surface area contributed by atoms with Crippen LogP contribution in [-0.4, -0.2) is 32.6 Å². The van der Waals surface area contributed by atoms with E-state index in [1.807, 2.05) is 18.2 Å². The summed E-state index contributed by atoms with van der Waals surface area (Å²) in [6, 6.07) is 5.52. The van der Waals surface area contributed by atoms with E-state index in [1.165, 1.54) is 0 Å². The highest BCUT2D eigenvalue weighted by Crippen LogP contribution is 2.24. The van der Waals surface area contributed by atoms with Crippen molar-refractivity contribution in [1.29, 1.82) is 0 Å². The summed E-state index contributed by atoms with van der Waals surface area (Å²) in [4.78, 5) is 0. The average molecular weight is 211 g/mol. The van der Waals surface area contributed by atoms with Crippen LogP contribution in [-0.2, 0) is 6.42 Å². The Hall–Kier alpha value is -1.26. The largest absolute Gasteiger partial charge is 0.497 e. The lowest BCUT2D eigenvalue weighted by Crippen LogP contribution is -2.26. The minimum Gasteiger partial charge on any atom is -0.497 e. The number of likely N-dealkylation sites (N-methyl/N-ethyl adjacent to an activating group) is 1. The molecule has 15 heavy (non-hydrogen) atoms. The average Bonchev–Trinajstić information content (AvgIpc) is 2.28. The highest BCUT2D eigenvalue weighted by molar-refractivity contribution is 5.40. The molecule has 0 radical (unpaired) electrons. The first-order valence-electron chi connectivity index (χ1n) is 4.77. The standard InChI is InChI=1S/C11H17NO3/c1-12-11(13)7-8-6-9(14-2)4-5-10(8)15-3/h4-6,11-13H,7H2,1-3H3. The summed E-state index contributed by atoms with van der Waals surface area (Å²) >= 11 is 0. The molecule has 0 heterocycles. The van der Waals surface area contributed by atoms with Gasteiger partial charge in [0.15, 0.2) is 0 Å². The van der Waals surface area contributed by atoms with Crippen LogP contribution in [0.5, 0.6) is 11.5 Å². The summed E-state index contributed by atoms with van der Waals surface area (Å²) in [6.45, 7) is 0. The van der Waals surface area contributed by atoms with Crippen LogP contribution >= 0.6 is 0 Å². The number of nitrogens with one attached hydrogen (secondary N) is 1. The highest BCUT2D eigenvalue weighted by atomic mass is 16.5. The van der Waals surface area contributed by atoms with E-state index >= 15 is 0 Å². The second kappa shape index (κ2) is 5.58. The van der Waals surface area contributed by atoms with Gasteiger partial charge >= 0.3 is 0 Å². The molecule has 4 nitrogen and oxygen atoms in total. The Morgan fingerprint density at radius 2 is 2.07 bits per heavy atom. The van der Waals surface area contributed by atoms with Gasteiger partial charge in [-0.1, -0.05) is 0 Å². The Morgan fingerprint density at radius 1 is 1.33 bits per heavy atom. The van der Waals surface area contributed by atoms with Crippen LogP contribution in [0, 0.1) is 0 Å². The van der Waals surface area contributed by atoms with E-state index < -0.39 is 6.23 Å². The van der Waals surface area contributed by atoms with Crippen LogP contribution in [0.3, 0.4) is 0 Å². The van der Waals surface area contributed by atoms with Crippen molar-refractivity contribution in [2.45, 2.75) is 12.6 Å². The smallest absolute Gasteiger partial charge is 0.122 e. The molecule has 0 bridgehead atoms. The van der Waals surface area contributed by atoms with Gasteiger partial charge in [-0.05, 0) is 25.2 Å². The molecule has 1 atom stereocenters. The molecular weight excluding hydrogens is 194 g/mol. The fourth-order valence-electron chi connectivity index (χ4n) is 1.35. The number of hydrogen-bond acceptors (Lipinski definition) is 4. The molecule has 0 aromatic heterocycles. The molecule has 1 aromatic rings. The number of benzene rings is 1. The van der Waals surface area contributed by atoms with Crippen molar-refractivity contribution >= 4 is 0 Å². The van der Waals surface area contributed by atoms with Crippen LogP contribution < -0.4 is 14.8 Å². The summed E-state index contributed by atoms with van der Waals surface area (Å²) < 4.78 is 10.3. The highest BCUT2D eigenvalue weighted by Gasteiger charge is 2.09. The molecule has 0 saturated heterocycles. The Labute approximate surface area is 89.8 Å². The van der Waals surface area contributed by atoms with Gasteiger partial charge in [0.25, 0.3) is 0 Å². The zero-order valence-electron chi connectivity index (χ0n) is 9.28. The normalized spacial score (nSPS) is 12.3. The van der Waals surface area contributed by atoms with E-state index in [9.17, 15) is 5.11 Å². The SMILES string of the molecule is CNC(O)Cc1cc(OC)ccc1OC. The third kappa shape index (κ3) is 3.11. The van der Waals surface area contributed by atoms with Crippen molar-refractivity contribution in [2.75, 3.05) is 21.3 Å². The molecule has 0 fully saturated rings. The van der Waals surface area contributed by atoms with Crippen LogP contribution in [0.25, 0.3) is 0 Å². The molecule has 1 rings (SSSR count). The van der Waals surface area contributed by atoms with Gasteiger partial charge in [-0.2, -0.15) is 0 Å². The van der Waals surface area contributed by atoms with E-state index in [-0.39, 0.29) is 0 Å². The van der Waals surface area contributed by atoms with Crippen LogP contribution in [0.4, 0.5) is 0 Å². The maximum absolute atomic E-state index is 9.49. The van der Waals surface area contributed by atoms with Gasteiger partial charge in [-0.25, -0.2) is 0 Å². The second-order valence-corrected chi connectivity index (χ2v) is 3.19. The predicted octanol–water partition coefficient (Wildman–Crippen LogP) is 0.784. The summed E-state index contributed by atoms with van der Waals surface area (Å²) in [5.41, 5.74) is 0.915. The molecule has 0 saturated carbocycles. The Kier molecular flexibility index (Phi) is 4.39. The topological polar surface area (TPSA) is 50.7 Å². The minimum absolute atomic E-state index is 0.483. The monoisotopic (exact) mass is 211 g/mol. The van der Waals surface area contributed by atoms with E-state index in [2.05, 4.69) is 5.32 Å². The summed E-state index contributed by atoms with van der Waals surface area (Å²) in [7, 11) is 4.93. The van der Waals surface area contributed by atoms with E-state index in [0.29, 0.717) is 6.42 Å². The number of aliphatic hydroxyl groups excluding tert-OH is 1. The molecule has 0 spiro atoms. The molecule has 0 aliphatic rings. The predicted molar refractivity (Wildman–Crippen MR) is 58.3 cm³/mol. The molecule has 84 valence electrons. The first-order valence-corrected chi connectivity index (χ1v) is 4.77. The lowest BCUT2D eigenvalue weighted by molar-refractivity contribution is 0.146. The van der Waals surface area contributed by atoms with Crippen LogP contribution in [0.1, 0.15) is 5.56 Å². The molecule has 1 aromatic carbocycles. The summed E-state index contributed by atoms with van der Waals surface area (Å²) in [5, 5.41) is 12.2. The molecule has 1 unspecified atom stereocenters. The van der Waals surface area contributed by atoms with Crippen molar-refractivity contribution in [1.82, 2.24) is 5.32 Å². The van der Waals surface area contributed by atoms with Crippen LogP contribution in [0.2, 0.25) is 0 Å². The Bertz CT molecular complexity index is 315. The maximum atomic E-state index is 9.49. The Morgan fingerprint density at radius 3 is 2.60 bits per heavy atom. The van der Waals surface area contributed by atoms with Crippen molar-refractivity contribution in [3.63, 3.8) is 0 Å². The fourth-order valence-corrected chi connectivity index (χ4v) is 1.35. The van der Waals surface area contributed by atoms with Gasteiger partial charge in [0.05, 0.1) is 14.2 Å². The number of rotatable bonds is 5. The number of methoxy groups -OCH3 is 2. The summed E-state index contributed by atoms with van der Waals surface area (Å²) in [6.07, 6.45) is -0.0948. The van der Waals surface area contributed by atoms with E-state index in [1.54, 1.807) is 21.3 Å². The van der Waals surface area contributed by atoms with Gasteiger partial charge in [0.1, 0.15) is 17.7 Å². The minimum atomic E-state index is -0.578. The van der Waals surface area contributed by atoms with Crippen LogP contribution in [0.15, 0.2) is 18.2 Å². The van der Waals surface area contributed by atoms with E-state index in [0.717, 1.165) is 17.1 Å². The zero-order chi connectivity index (χ0) is 11.3. The first-order chi connectivity index (χ1) is 7.21. The molecular formula is C11H17NO3. The fraction of sp³-hybridized carbons (Fsp3) is 0.455.